The molecule has 0 bridgehead atoms. The van der Waals surface area contributed by atoms with Gasteiger partial charge < -0.3 is 9.47 Å². The second-order valence-electron chi connectivity index (χ2n) is 9.23. The molecule has 0 atom stereocenters. The number of nitrogens with zero attached hydrogens (tertiary/aromatic N) is 2. The van der Waals surface area contributed by atoms with Crippen LogP contribution in [0.2, 0.25) is 5.02 Å². The lowest BCUT2D eigenvalue weighted by atomic mass is 9.96. The van der Waals surface area contributed by atoms with E-state index in [1.807, 2.05) is 20.8 Å². The normalized spacial score (nSPS) is 12.2. The van der Waals surface area contributed by atoms with Gasteiger partial charge in [0.05, 0.1) is 0 Å². The summed E-state index contributed by atoms with van der Waals surface area (Å²) >= 11 is 5.96. The fourth-order valence-electron chi connectivity index (χ4n) is 3.76. The molecular formula is C25H25ClF4N2O. The predicted molar refractivity (Wildman–Crippen MR) is 122 cm³/mol. The highest BCUT2D eigenvalue weighted by molar-refractivity contribution is 6.30. The van der Waals surface area contributed by atoms with Gasteiger partial charge >= 0.3 is 6.18 Å². The quantitative estimate of drug-likeness (QED) is 0.356. The van der Waals surface area contributed by atoms with Crippen LogP contribution in [0, 0.1) is 11.2 Å². The van der Waals surface area contributed by atoms with Crippen LogP contribution in [0.25, 0.3) is 11.1 Å². The second-order valence-corrected chi connectivity index (χ2v) is 9.67. The van der Waals surface area contributed by atoms with E-state index in [0.29, 0.717) is 22.7 Å². The largest absolute Gasteiger partial charge is 0.431 e. The molecule has 0 N–H and O–H groups in total. The minimum absolute atomic E-state index is 0.0827. The Labute approximate surface area is 195 Å². The molecule has 0 saturated heterocycles. The van der Waals surface area contributed by atoms with Gasteiger partial charge in [-0.05, 0) is 46.9 Å². The molecule has 3 rings (SSSR count). The van der Waals surface area contributed by atoms with Crippen molar-refractivity contribution in [3.63, 3.8) is 0 Å². The molecule has 0 aliphatic heterocycles. The molecule has 3 aromatic rings. The Bertz CT molecular complexity index is 1130. The summed E-state index contributed by atoms with van der Waals surface area (Å²) in [6.07, 6.45) is -4.71. The zero-order valence-corrected chi connectivity index (χ0v) is 19.6. The number of aromatic nitrogens is 1. The van der Waals surface area contributed by atoms with Gasteiger partial charge in [0.1, 0.15) is 17.2 Å². The van der Waals surface area contributed by atoms with E-state index in [9.17, 15) is 22.4 Å². The molecule has 176 valence electrons. The third-order valence-corrected chi connectivity index (χ3v) is 5.31. The number of carbonyl (C=O) groups excluding carboxylic acids is 1. The average Bonchev–Trinajstić information content (AvgIpc) is 3.08. The number of benzene rings is 2. The Hall–Kier alpha value is -2.80. The van der Waals surface area contributed by atoms with E-state index in [0.717, 1.165) is 10.6 Å². The van der Waals surface area contributed by atoms with Gasteiger partial charge in [0.2, 0.25) is 0 Å². The van der Waals surface area contributed by atoms with E-state index in [1.165, 1.54) is 29.2 Å². The van der Waals surface area contributed by atoms with Crippen LogP contribution >= 0.6 is 11.6 Å². The number of hydrogen-bond donors (Lipinski definition) is 0. The molecule has 0 unspecified atom stereocenters. The molecule has 0 aliphatic carbocycles. The predicted octanol–water partition coefficient (Wildman–Crippen LogP) is 7.13. The van der Waals surface area contributed by atoms with Gasteiger partial charge in [-0.25, -0.2) is 4.39 Å². The van der Waals surface area contributed by atoms with E-state index in [1.54, 1.807) is 31.3 Å². The molecule has 0 spiro atoms. The summed E-state index contributed by atoms with van der Waals surface area (Å²) in [4.78, 5) is 15.0. The molecule has 8 heteroatoms. The highest BCUT2D eigenvalue weighted by Gasteiger charge is 2.39. The summed E-state index contributed by atoms with van der Waals surface area (Å²) in [5.74, 6) is -1.03. The molecule has 0 saturated carbocycles. The van der Waals surface area contributed by atoms with Crippen molar-refractivity contribution in [1.82, 2.24) is 9.47 Å². The Kier molecular flexibility index (Phi) is 6.93. The molecule has 0 aliphatic rings. The first kappa shape index (κ1) is 24.8. The highest BCUT2D eigenvalue weighted by atomic mass is 35.5. The number of carbonyl (C=O) groups is 1. The van der Waals surface area contributed by atoms with Crippen molar-refractivity contribution in [2.24, 2.45) is 5.41 Å². The number of alkyl halides is 3. The van der Waals surface area contributed by atoms with Gasteiger partial charge in [-0.15, -0.1) is 0 Å². The van der Waals surface area contributed by atoms with Crippen LogP contribution in [-0.4, -0.2) is 29.0 Å². The monoisotopic (exact) mass is 480 g/mol. The summed E-state index contributed by atoms with van der Waals surface area (Å²) in [6.45, 7) is 5.92. The summed E-state index contributed by atoms with van der Waals surface area (Å²) in [6, 6.07) is 12.5. The third-order valence-electron chi connectivity index (χ3n) is 5.06. The van der Waals surface area contributed by atoms with Crippen molar-refractivity contribution < 1.29 is 22.4 Å². The summed E-state index contributed by atoms with van der Waals surface area (Å²) < 4.78 is 56.6. The Morgan fingerprint density at radius 2 is 1.58 bits per heavy atom. The average molecular weight is 481 g/mol. The standard InChI is InChI=1S/C25H25ClF4N2O/c1-24(2,3)15-31(4)23(33)22-20(17-7-9-18(26)10-8-17)13-21(25(28,29)30)32(22)14-16-5-11-19(27)12-6-16/h5-13H,14-15H2,1-4H3. The van der Waals surface area contributed by atoms with Crippen LogP contribution in [0.1, 0.15) is 42.5 Å². The van der Waals surface area contributed by atoms with Gasteiger partial charge in [-0.1, -0.05) is 56.6 Å². The molecule has 1 aromatic heterocycles. The fourth-order valence-corrected chi connectivity index (χ4v) is 3.89. The van der Waals surface area contributed by atoms with Gasteiger partial charge in [0.25, 0.3) is 5.91 Å². The Morgan fingerprint density at radius 1 is 1.00 bits per heavy atom. The van der Waals surface area contributed by atoms with E-state index in [-0.39, 0.29) is 23.2 Å². The maximum absolute atomic E-state index is 14.1. The van der Waals surface area contributed by atoms with E-state index in [4.69, 9.17) is 11.6 Å². The minimum Gasteiger partial charge on any atom is -0.340 e. The van der Waals surface area contributed by atoms with Crippen molar-refractivity contribution in [2.45, 2.75) is 33.5 Å². The number of halogens is 5. The topological polar surface area (TPSA) is 25.2 Å². The van der Waals surface area contributed by atoms with Gasteiger partial charge in [0.15, 0.2) is 0 Å². The van der Waals surface area contributed by atoms with Crippen molar-refractivity contribution in [3.05, 3.63) is 82.4 Å². The lowest BCUT2D eigenvalue weighted by molar-refractivity contribution is -0.143. The second kappa shape index (κ2) is 9.21. The van der Waals surface area contributed by atoms with E-state index < -0.39 is 23.6 Å². The summed E-state index contributed by atoms with van der Waals surface area (Å²) in [7, 11) is 1.57. The zero-order chi connectivity index (χ0) is 24.6. The molecule has 1 amide bonds. The van der Waals surface area contributed by atoms with Gasteiger partial charge in [0, 0.05) is 30.7 Å². The lowest BCUT2D eigenvalue weighted by Crippen LogP contribution is -2.36. The van der Waals surface area contributed by atoms with E-state index >= 15 is 0 Å². The maximum atomic E-state index is 14.1. The molecular weight excluding hydrogens is 456 g/mol. The van der Waals surface area contributed by atoms with Crippen molar-refractivity contribution in [1.29, 1.82) is 0 Å². The van der Waals surface area contributed by atoms with Crippen LogP contribution in [-0.2, 0) is 12.7 Å². The van der Waals surface area contributed by atoms with Gasteiger partial charge in [-0.3, -0.25) is 4.79 Å². The molecule has 33 heavy (non-hydrogen) atoms. The van der Waals surface area contributed by atoms with Crippen LogP contribution < -0.4 is 0 Å². The third kappa shape index (κ3) is 5.96. The first-order valence-electron chi connectivity index (χ1n) is 10.3. The molecule has 0 radical (unpaired) electrons. The summed E-state index contributed by atoms with van der Waals surface area (Å²) in [5, 5.41) is 0.429. The fraction of sp³-hybridized carbons (Fsp3) is 0.320. The van der Waals surface area contributed by atoms with Crippen LogP contribution in [0.5, 0.6) is 0 Å². The molecule has 1 heterocycles. The first-order valence-corrected chi connectivity index (χ1v) is 10.7. The highest BCUT2D eigenvalue weighted by Crippen LogP contribution is 2.38. The van der Waals surface area contributed by atoms with Crippen molar-refractivity contribution in [2.75, 3.05) is 13.6 Å². The lowest BCUT2D eigenvalue weighted by Gasteiger charge is -2.28. The SMILES string of the molecule is CN(CC(C)(C)C)C(=O)c1c(-c2ccc(Cl)cc2)cc(C(F)(F)F)n1Cc1ccc(F)cc1. The van der Waals surface area contributed by atoms with Crippen molar-refractivity contribution >= 4 is 17.5 Å². The molecule has 3 nitrogen and oxygen atoms in total. The first-order chi connectivity index (χ1) is 15.3. The zero-order valence-electron chi connectivity index (χ0n) is 18.8. The van der Waals surface area contributed by atoms with Crippen LogP contribution in [0.15, 0.2) is 54.6 Å². The minimum atomic E-state index is -4.71. The van der Waals surface area contributed by atoms with E-state index in [2.05, 4.69) is 0 Å². The Balaban J connectivity index is 2.24. The number of amides is 1. The van der Waals surface area contributed by atoms with Crippen LogP contribution in [0.3, 0.4) is 0 Å². The Morgan fingerprint density at radius 3 is 2.09 bits per heavy atom. The van der Waals surface area contributed by atoms with Crippen molar-refractivity contribution in [3.8, 4) is 11.1 Å². The van der Waals surface area contributed by atoms with Crippen LogP contribution in [0.4, 0.5) is 17.6 Å². The van der Waals surface area contributed by atoms with Gasteiger partial charge in [-0.2, -0.15) is 13.2 Å². The molecule has 0 fully saturated rings. The molecule has 2 aromatic carbocycles. The maximum Gasteiger partial charge on any atom is 0.431 e. The number of rotatable bonds is 5. The number of hydrogen-bond acceptors (Lipinski definition) is 1. The smallest absolute Gasteiger partial charge is 0.340 e. The summed E-state index contributed by atoms with van der Waals surface area (Å²) in [5.41, 5.74) is -0.258.